The van der Waals surface area contributed by atoms with Gasteiger partial charge in [-0.25, -0.2) is 4.79 Å². The molecule has 28 heavy (non-hydrogen) atoms. The number of carbonyl (C=O) groups excluding carboxylic acids is 4. The van der Waals surface area contributed by atoms with Crippen LogP contribution in [0.15, 0.2) is 41.1 Å². The Morgan fingerprint density at radius 1 is 1.25 bits per heavy atom. The maximum Gasteiger partial charge on any atom is 0.325 e. The Kier molecular flexibility index (Phi) is 5.46. The first-order valence-electron chi connectivity index (χ1n) is 8.70. The highest BCUT2D eigenvalue weighted by Crippen LogP contribution is 2.30. The molecule has 146 valence electrons. The number of anilines is 1. The molecular weight excluding hydrogens is 380 g/mol. The molecule has 9 heteroatoms. The Bertz CT molecular complexity index is 928. The monoisotopic (exact) mass is 400 g/mol. The number of rotatable bonds is 6. The molecule has 0 saturated carbocycles. The van der Waals surface area contributed by atoms with E-state index in [0.29, 0.717) is 23.4 Å². The van der Waals surface area contributed by atoms with Crippen molar-refractivity contribution in [1.82, 2.24) is 15.5 Å². The van der Waals surface area contributed by atoms with Gasteiger partial charge in [-0.3, -0.25) is 19.3 Å². The highest BCUT2D eigenvalue weighted by Gasteiger charge is 2.49. The van der Waals surface area contributed by atoms with Gasteiger partial charge in [0.2, 0.25) is 5.91 Å². The number of imide groups is 1. The van der Waals surface area contributed by atoms with E-state index in [4.69, 9.17) is 0 Å². The summed E-state index contributed by atoms with van der Waals surface area (Å²) >= 11 is 1.42. The lowest BCUT2D eigenvalue weighted by Gasteiger charge is -2.20. The molecule has 8 nitrogen and oxygen atoms in total. The van der Waals surface area contributed by atoms with Gasteiger partial charge in [-0.2, -0.15) is 11.3 Å². The molecule has 1 unspecified atom stereocenters. The number of hydrogen-bond donors (Lipinski definition) is 3. The van der Waals surface area contributed by atoms with Crippen LogP contribution in [0.5, 0.6) is 0 Å². The fourth-order valence-corrected chi connectivity index (χ4v) is 3.69. The van der Waals surface area contributed by atoms with Gasteiger partial charge in [-0.15, -0.1) is 0 Å². The molecule has 0 radical (unpaired) electrons. The summed E-state index contributed by atoms with van der Waals surface area (Å²) in [7, 11) is 0. The van der Waals surface area contributed by atoms with Gasteiger partial charge < -0.3 is 16.0 Å². The number of thiophene rings is 1. The van der Waals surface area contributed by atoms with Gasteiger partial charge in [-0.1, -0.05) is 6.07 Å². The summed E-state index contributed by atoms with van der Waals surface area (Å²) in [6.07, 6.45) is 0. The number of benzene rings is 1. The third kappa shape index (κ3) is 3.74. The van der Waals surface area contributed by atoms with E-state index >= 15 is 0 Å². The second-order valence-electron chi connectivity index (χ2n) is 6.45. The summed E-state index contributed by atoms with van der Waals surface area (Å²) in [4.78, 5) is 50.2. The molecule has 3 N–H and O–H groups in total. The average Bonchev–Trinajstić information content (AvgIpc) is 3.27. The van der Waals surface area contributed by atoms with Gasteiger partial charge in [0.25, 0.3) is 11.8 Å². The molecule has 1 aromatic heterocycles. The van der Waals surface area contributed by atoms with Gasteiger partial charge in [0.1, 0.15) is 12.1 Å². The predicted molar refractivity (Wildman–Crippen MR) is 105 cm³/mol. The van der Waals surface area contributed by atoms with E-state index in [-0.39, 0.29) is 5.91 Å². The molecular formula is C19H20N4O4S. The van der Waals surface area contributed by atoms with Crippen molar-refractivity contribution >= 4 is 40.8 Å². The summed E-state index contributed by atoms with van der Waals surface area (Å²) in [5, 5.41) is 11.6. The first kappa shape index (κ1) is 19.6. The lowest BCUT2D eigenvalue weighted by molar-refractivity contribution is -0.133. The zero-order chi connectivity index (χ0) is 20.3. The Morgan fingerprint density at radius 2 is 2.04 bits per heavy atom. The number of urea groups is 1. The first-order chi connectivity index (χ1) is 13.3. The molecule has 0 spiro atoms. The van der Waals surface area contributed by atoms with E-state index in [1.165, 1.54) is 17.4 Å². The molecule has 0 aliphatic carbocycles. The van der Waals surface area contributed by atoms with Crippen LogP contribution < -0.4 is 16.0 Å². The summed E-state index contributed by atoms with van der Waals surface area (Å²) < 4.78 is 0. The van der Waals surface area contributed by atoms with Crippen LogP contribution >= 0.6 is 11.3 Å². The second-order valence-corrected chi connectivity index (χ2v) is 7.23. The fraction of sp³-hybridized carbons (Fsp3) is 0.263. The first-order valence-corrected chi connectivity index (χ1v) is 9.64. The summed E-state index contributed by atoms with van der Waals surface area (Å²) in [6.45, 7) is 3.49. The Hall–Kier alpha value is -3.20. The van der Waals surface area contributed by atoms with Gasteiger partial charge in [0.05, 0.1) is 0 Å². The third-order valence-electron chi connectivity index (χ3n) is 4.42. The number of hydrogen-bond acceptors (Lipinski definition) is 5. The molecule has 2 aromatic rings. The van der Waals surface area contributed by atoms with E-state index in [1.807, 2.05) is 12.3 Å². The van der Waals surface area contributed by atoms with Crippen LogP contribution in [0, 0.1) is 0 Å². The smallest absolute Gasteiger partial charge is 0.325 e. The minimum Gasteiger partial charge on any atom is -0.352 e. The van der Waals surface area contributed by atoms with Gasteiger partial charge >= 0.3 is 6.03 Å². The largest absolute Gasteiger partial charge is 0.352 e. The van der Waals surface area contributed by atoms with Crippen LogP contribution in [0.2, 0.25) is 0 Å². The van der Waals surface area contributed by atoms with E-state index in [1.54, 1.807) is 36.6 Å². The van der Waals surface area contributed by atoms with Crippen LogP contribution in [0.3, 0.4) is 0 Å². The lowest BCUT2D eigenvalue weighted by atomic mass is 9.95. The summed E-state index contributed by atoms with van der Waals surface area (Å²) in [5.41, 5.74) is 0.296. The van der Waals surface area contributed by atoms with Crippen LogP contribution in [-0.2, 0) is 15.1 Å². The molecule has 3 rings (SSSR count). The van der Waals surface area contributed by atoms with E-state index < -0.39 is 29.9 Å². The Morgan fingerprint density at radius 3 is 2.71 bits per heavy atom. The van der Waals surface area contributed by atoms with Gasteiger partial charge in [-0.05, 0) is 54.4 Å². The van der Waals surface area contributed by atoms with Crippen molar-refractivity contribution in [2.45, 2.75) is 19.4 Å². The van der Waals surface area contributed by atoms with Crippen molar-refractivity contribution in [2.24, 2.45) is 0 Å². The molecule has 1 atom stereocenters. The SMILES string of the molecule is CCNC(=O)c1cccc(NC(=O)CN2C(=O)NC(C)(c3ccsc3)C2=O)c1. The maximum absolute atomic E-state index is 12.8. The summed E-state index contributed by atoms with van der Waals surface area (Å²) in [6, 6.07) is 7.57. The zero-order valence-corrected chi connectivity index (χ0v) is 16.3. The van der Waals surface area contributed by atoms with Crippen LogP contribution in [-0.4, -0.2) is 41.7 Å². The molecule has 1 aromatic carbocycles. The topological polar surface area (TPSA) is 108 Å². The normalized spacial score (nSPS) is 18.7. The molecule has 0 bridgehead atoms. The molecule has 2 heterocycles. The lowest BCUT2D eigenvalue weighted by Crippen LogP contribution is -2.41. The molecule has 1 aliphatic heterocycles. The summed E-state index contributed by atoms with van der Waals surface area (Å²) in [5.74, 6) is -1.27. The number of nitrogens with zero attached hydrogens (tertiary/aromatic N) is 1. The van der Waals surface area contributed by atoms with Crippen molar-refractivity contribution in [3.8, 4) is 0 Å². The maximum atomic E-state index is 12.8. The standard InChI is InChI=1S/C19H20N4O4S/c1-3-20-16(25)12-5-4-6-14(9-12)21-15(24)10-23-17(26)19(2,22-18(23)27)13-7-8-28-11-13/h4-9,11H,3,10H2,1-2H3,(H,20,25)(H,21,24)(H,22,27). The van der Waals surface area contributed by atoms with Crippen molar-refractivity contribution < 1.29 is 19.2 Å². The quantitative estimate of drug-likeness (QED) is 0.644. The molecule has 5 amide bonds. The van der Waals surface area contributed by atoms with Crippen LogP contribution in [0.1, 0.15) is 29.8 Å². The highest BCUT2D eigenvalue weighted by molar-refractivity contribution is 7.08. The Balaban J connectivity index is 1.68. The van der Waals surface area contributed by atoms with Crippen LogP contribution in [0.25, 0.3) is 0 Å². The molecule has 1 fully saturated rings. The van der Waals surface area contributed by atoms with Crippen molar-refractivity contribution in [2.75, 3.05) is 18.4 Å². The average molecular weight is 400 g/mol. The predicted octanol–water partition coefficient (Wildman–Crippen LogP) is 1.90. The van der Waals surface area contributed by atoms with Crippen molar-refractivity contribution in [1.29, 1.82) is 0 Å². The number of amides is 5. The van der Waals surface area contributed by atoms with Crippen molar-refractivity contribution in [3.63, 3.8) is 0 Å². The second kappa shape index (κ2) is 7.81. The van der Waals surface area contributed by atoms with Crippen LogP contribution in [0.4, 0.5) is 10.5 Å². The fourth-order valence-electron chi connectivity index (χ4n) is 2.93. The minimum absolute atomic E-state index is 0.251. The van der Waals surface area contributed by atoms with Gasteiger partial charge in [0, 0.05) is 17.8 Å². The zero-order valence-electron chi connectivity index (χ0n) is 15.4. The van der Waals surface area contributed by atoms with Crippen molar-refractivity contribution in [3.05, 3.63) is 52.2 Å². The minimum atomic E-state index is -1.18. The Labute approximate surface area is 165 Å². The molecule has 1 aliphatic rings. The third-order valence-corrected chi connectivity index (χ3v) is 5.10. The van der Waals surface area contributed by atoms with E-state index in [0.717, 1.165) is 4.90 Å². The molecule has 1 saturated heterocycles. The number of nitrogens with one attached hydrogen (secondary N) is 3. The van der Waals surface area contributed by atoms with E-state index in [9.17, 15) is 19.2 Å². The highest BCUT2D eigenvalue weighted by atomic mass is 32.1. The number of carbonyl (C=O) groups is 4. The van der Waals surface area contributed by atoms with Gasteiger partial charge in [0.15, 0.2) is 0 Å². The van der Waals surface area contributed by atoms with E-state index in [2.05, 4.69) is 16.0 Å².